The molecular weight excluding hydrogens is 226 g/mol. The van der Waals surface area contributed by atoms with Crippen LogP contribution in [0.5, 0.6) is 0 Å². The number of nitrogens with two attached hydrogens (primary N) is 1. The van der Waals surface area contributed by atoms with Gasteiger partial charge in [-0.15, -0.1) is 0 Å². The number of hydrogen-bond acceptors (Lipinski definition) is 4. The summed E-state index contributed by atoms with van der Waals surface area (Å²) in [6.45, 7) is 2.06. The first-order chi connectivity index (χ1) is 7.52. The Kier molecular flexibility index (Phi) is 4.92. The highest BCUT2D eigenvalue weighted by Gasteiger charge is 2.13. The van der Waals surface area contributed by atoms with E-state index in [1.165, 1.54) is 12.1 Å². The molecule has 1 aromatic rings. The maximum absolute atomic E-state index is 11.6. The second-order valence-electron chi connectivity index (χ2n) is 3.71. The van der Waals surface area contributed by atoms with Gasteiger partial charge in [-0.25, -0.2) is 0 Å². The van der Waals surface area contributed by atoms with Crippen molar-refractivity contribution in [2.24, 2.45) is 5.73 Å². The SMILES string of the molecule is CC(N)CCCOS(=O)(=O)c1ccccc1. The molecule has 0 aliphatic heterocycles. The molecule has 1 atom stereocenters. The molecule has 0 aliphatic carbocycles. The van der Waals surface area contributed by atoms with Crippen molar-refractivity contribution in [1.82, 2.24) is 0 Å². The van der Waals surface area contributed by atoms with Crippen LogP contribution < -0.4 is 5.73 Å². The first-order valence-corrected chi connectivity index (χ1v) is 6.63. The molecule has 1 aromatic carbocycles. The smallest absolute Gasteiger partial charge is 0.296 e. The van der Waals surface area contributed by atoms with Crippen molar-refractivity contribution >= 4 is 10.1 Å². The summed E-state index contributed by atoms with van der Waals surface area (Å²) < 4.78 is 28.1. The highest BCUT2D eigenvalue weighted by Crippen LogP contribution is 2.11. The van der Waals surface area contributed by atoms with Crippen LogP contribution in [-0.2, 0) is 14.3 Å². The van der Waals surface area contributed by atoms with Crippen molar-refractivity contribution in [3.63, 3.8) is 0 Å². The van der Waals surface area contributed by atoms with Crippen molar-refractivity contribution in [1.29, 1.82) is 0 Å². The van der Waals surface area contributed by atoms with E-state index >= 15 is 0 Å². The third-order valence-corrected chi connectivity index (χ3v) is 3.40. The second kappa shape index (κ2) is 5.98. The van der Waals surface area contributed by atoms with E-state index in [2.05, 4.69) is 0 Å². The maximum atomic E-state index is 11.6. The van der Waals surface area contributed by atoms with Gasteiger partial charge in [0.1, 0.15) is 0 Å². The molecule has 0 spiro atoms. The Morgan fingerprint density at radius 2 is 1.94 bits per heavy atom. The highest BCUT2D eigenvalue weighted by atomic mass is 32.2. The van der Waals surface area contributed by atoms with Crippen LogP contribution in [0.25, 0.3) is 0 Å². The van der Waals surface area contributed by atoms with E-state index in [-0.39, 0.29) is 17.5 Å². The first-order valence-electron chi connectivity index (χ1n) is 5.22. The van der Waals surface area contributed by atoms with Gasteiger partial charge in [-0.3, -0.25) is 4.18 Å². The van der Waals surface area contributed by atoms with Crippen LogP contribution in [0.2, 0.25) is 0 Å². The summed E-state index contributed by atoms with van der Waals surface area (Å²) in [5.41, 5.74) is 5.55. The Balaban J connectivity index is 2.48. The van der Waals surface area contributed by atoms with Crippen LogP contribution >= 0.6 is 0 Å². The zero-order valence-corrected chi connectivity index (χ0v) is 10.1. The molecule has 0 aromatic heterocycles. The third-order valence-electron chi connectivity index (χ3n) is 2.07. The minimum absolute atomic E-state index is 0.0722. The summed E-state index contributed by atoms with van der Waals surface area (Å²) in [6, 6.07) is 8.19. The zero-order valence-electron chi connectivity index (χ0n) is 9.30. The molecule has 0 saturated carbocycles. The molecule has 4 nitrogen and oxygen atoms in total. The van der Waals surface area contributed by atoms with E-state index in [1.807, 2.05) is 6.92 Å². The van der Waals surface area contributed by atoms with Gasteiger partial charge in [-0.2, -0.15) is 8.42 Å². The molecule has 0 aliphatic rings. The first kappa shape index (κ1) is 13.2. The van der Waals surface area contributed by atoms with E-state index in [0.717, 1.165) is 6.42 Å². The maximum Gasteiger partial charge on any atom is 0.296 e. The summed E-state index contributed by atoms with van der Waals surface area (Å²) in [7, 11) is -3.60. The second-order valence-corrected chi connectivity index (χ2v) is 5.32. The summed E-state index contributed by atoms with van der Waals surface area (Å²) in [5.74, 6) is 0. The molecule has 0 bridgehead atoms. The van der Waals surface area contributed by atoms with Crippen LogP contribution in [0, 0.1) is 0 Å². The molecule has 5 heteroatoms. The Morgan fingerprint density at radius 1 is 1.31 bits per heavy atom. The van der Waals surface area contributed by atoms with E-state index < -0.39 is 10.1 Å². The van der Waals surface area contributed by atoms with E-state index in [9.17, 15) is 8.42 Å². The van der Waals surface area contributed by atoms with Gasteiger partial charge < -0.3 is 5.73 Å². The summed E-state index contributed by atoms with van der Waals surface area (Å²) >= 11 is 0. The summed E-state index contributed by atoms with van der Waals surface area (Å²) in [5, 5.41) is 0. The van der Waals surface area contributed by atoms with Gasteiger partial charge in [0.2, 0.25) is 0 Å². The lowest BCUT2D eigenvalue weighted by molar-refractivity contribution is 0.305. The van der Waals surface area contributed by atoms with Gasteiger partial charge in [0, 0.05) is 6.04 Å². The molecule has 1 unspecified atom stereocenters. The number of rotatable bonds is 6. The largest absolute Gasteiger partial charge is 0.328 e. The van der Waals surface area contributed by atoms with Crippen molar-refractivity contribution in [3.8, 4) is 0 Å². The van der Waals surface area contributed by atoms with Gasteiger partial charge in [0.25, 0.3) is 10.1 Å². The van der Waals surface area contributed by atoms with Crippen LogP contribution in [0.15, 0.2) is 35.2 Å². The lowest BCUT2D eigenvalue weighted by Crippen LogP contribution is -2.16. The normalized spacial score (nSPS) is 13.6. The van der Waals surface area contributed by atoms with Crippen molar-refractivity contribution in [2.75, 3.05) is 6.61 Å². The molecule has 0 fully saturated rings. The Hall–Kier alpha value is -0.910. The monoisotopic (exact) mass is 243 g/mol. The standard InChI is InChI=1S/C11H17NO3S/c1-10(12)6-5-9-15-16(13,14)11-7-3-2-4-8-11/h2-4,7-8,10H,5-6,9,12H2,1H3. The predicted molar refractivity (Wildman–Crippen MR) is 62.5 cm³/mol. The van der Waals surface area contributed by atoms with Crippen LogP contribution in [0.4, 0.5) is 0 Å². The van der Waals surface area contributed by atoms with E-state index in [4.69, 9.17) is 9.92 Å². The Bertz CT molecular complexity index is 400. The van der Waals surface area contributed by atoms with Gasteiger partial charge >= 0.3 is 0 Å². The van der Waals surface area contributed by atoms with Crippen LogP contribution in [-0.4, -0.2) is 21.1 Å². The highest BCUT2D eigenvalue weighted by molar-refractivity contribution is 7.86. The van der Waals surface area contributed by atoms with Gasteiger partial charge in [0.15, 0.2) is 0 Å². The van der Waals surface area contributed by atoms with Gasteiger partial charge in [-0.05, 0) is 31.9 Å². The molecule has 0 radical (unpaired) electrons. The molecule has 0 saturated heterocycles. The average molecular weight is 243 g/mol. The van der Waals surface area contributed by atoms with Crippen molar-refractivity contribution < 1.29 is 12.6 Å². The zero-order chi connectivity index (χ0) is 12.0. The average Bonchev–Trinajstić information content (AvgIpc) is 2.26. The minimum atomic E-state index is -3.60. The predicted octanol–water partition coefficient (Wildman–Crippen LogP) is 1.52. The fraction of sp³-hybridized carbons (Fsp3) is 0.455. The van der Waals surface area contributed by atoms with Crippen molar-refractivity contribution in [3.05, 3.63) is 30.3 Å². The molecule has 1 rings (SSSR count). The summed E-state index contributed by atoms with van der Waals surface area (Å²) in [6.07, 6.45) is 1.40. The van der Waals surface area contributed by atoms with E-state index in [1.54, 1.807) is 18.2 Å². The Labute approximate surface area is 96.5 Å². The quantitative estimate of drug-likeness (QED) is 0.607. The van der Waals surface area contributed by atoms with Crippen LogP contribution in [0.1, 0.15) is 19.8 Å². The third kappa shape index (κ3) is 4.30. The van der Waals surface area contributed by atoms with Crippen molar-refractivity contribution in [2.45, 2.75) is 30.7 Å². The fourth-order valence-electron chi connectivity index (χ4n) is 1.23. The molecule has 16 heavy (non-hydrogen) atoms. The number of benzene rings is 1. The molecule has 90 valence electrons. The molecule has 2 N–H and O–H groups in total. The topological polar surface area (TPSA) is 69.4 Å². The minimum Gasteiger partial charge on any atom is -0.328 e. The van der Waals surface area contributed by atoms with E-state index in [0.29, 0.717) is 6.42 Å². The lowest BCUT2D eigenvalue weighted by Gasteiger charge is -2.06. The molecule has 0 heterocycles. The van der Waals surface area contributed by atoms with Crippen LogP contribution in [0.3, 0.4) is 0 Å². The Morgan fingerprint density at radius 3 is 2.50 bits per heavy atom. The fourth-order valence-corrected chi connectivity index (χ4v) is 2.19. The molecule has 0 amide bonds. The lowest BCUT2D eigenvalue weighted by atomic mass is 10.2. The van der Waals surface area contributed by atoms with Gasteiger partial charge in [-0.1, -0.05) is 18.2 Å². The summed E-state index contributed by atoms with van der Waals surface area (Å²) in [4.78, 5) is 0.191. The number of hydrogen-bond donors (Lipinski definition) is 1. The van der Waals surface area contributed by atoms with Gasteiger partial charge in [0.05, 0.1) is 11.5 Å². The molecular formula is C11H17NO3S.